The van der Waals surface area contributed by atoms with Crippen LogP contribution in [0.2, 0.25) is 0 Å². The Hall–Kier alpha value is -2.10. The van der Waals surface area contributed by atoms with E-state index in [9.17, 15) is 4.79 Å². The molecular formula is C20H25N3O. The first-order chi connectivity index (χ1) is 11.7. The molecular weight excluding hydrogens is 298 g/mol. The van der Waals surface area contributed by atoms with Crippen LogP contribution in [0.4, 0.5) is 0 Å². The Bertz CT molecular complexity index is 743. The Morgan fingerprint density at radius 3 is 2.96 bits per heavy atom. The number of hydrogen-bond donors (Lipinski definition) is 2. The lowest BCUT2D eigenvalue weighted by Gasteiger charge is -2.32. The van der Waals surface area contributed by atoms with E-state index in [4.69, 9.17) is 0 Å². The van der Waals surface area contributed by atoms with E-state index in [1.54, 1.807) is 0 Å². The summed E-state index contributed by atoms with van der Waals surface area (Å²) in [6.45, 7) is 2.10. The molecule has 2 aliphatic rings. The van der Waals surface area contributed by atoms with E-state index in [0.29, 0.717) is 0 Å². The van der Waals surface area contributed by atoms with Gasteiger partial charge in [-0.05, 0) is 50.2 Å². The summed E-state index contributed by atoms with van der Waals surface area (Å²) in [5.41, 5.74) is 4.57. The Labute approximate surface area is 143 Å². The van der Waals surface area contributed by atoms with E-state index in [0.717, 1.165) is 44.9 Å². The number of fused-ring (bicyclic) bond motifs is 1. The summed E-state index contributed by atoms with van der Waals surface area (Å²) >= 11 is 0. The minimum Gasteiger partial charge on any atom is -0.352 e. The van der Waals surface area contributed by atoms with Gasteiger partial charge in [-0.3, -0.25) is 9.89 Å². The predicted molar refractivity (Wildman–Crippen MR) is 93.9 cm³/mol. The van der Waals surface area contributed by atoms with Crippen molar-refractivity contribution in [1.29, 1.82) is 0 Å². The third kappa shape index (κ3) is 2.64. The molecule has 0 saturated heterocycles. The van der Waals surface area contributed by atoms with Crippen LogP contribution in [0.25, 0.3) is 0 Å². The number of benzene rings is 1. The lowest BCUT2D eigenvalue weighted by atomic mass is 9.77. The van der Waals surface area contributed by atoms with Gasteiger partial charge in [0.05, 0.1) is 11.6 Å². The van der Waals surface area contributed by atoms with Gasteiger partial charge >= 0.3 is 0 Å². The smallest absolute Gasteiger partial charge is 0.230 e. The highest BCUT2D eigenvalue weighted by Gasteiger charge is 2.43. The normalized spacial score (nSPS) is 22.1. The van der Waals surface area contributed by atoms with E-state index >= 15 is 0 Å². The van der Waals surface area contributed by atoms with Crippen molar-refractivity contribution in [2.24, 2.45) is 0 Å². The topological polar surface area (TPSA) is 57.8 Å². The summed E-state index contributed by atoms with van der Waals surface area (Å²) in [5.74, 6) is 0.225. The van der Waals surface area contributed by atoms with Crippen molar-refractivity contribution in [2.75, 3.05) is 0 Å². The monoisotopic (exact) mass is 323 g/mol. The summed E-state index contributed by atoms with van der Waals surface area (Å²) < 4.78 is 0. The Morgan fingerprint density at radius 2 is 2.17 bits per heavy atom. The highest BCUT2D eigenvalue weighted by atomic mass is 16.2. The number of nitrogens with zero attached hydrogens (tertiary/aromatic N) is 1. The molecule has 2 N–H and O–H groups in total. The average Bonchev–Trinajstić information content (AvgIpc) is 3.24. The zero-order valence-electron chi connectivity index (χ0n) is 14.3. The van der Waals surface area contributed by atoms with Gasteiger partial charge in [-0.1, -0.05) is 42.7 Å². The fourth-order valence-corrected chi connectivity index (χ4v) is 4.43. The van der Waals surface area contributed by atoms with Crippen LogP contribution in [0, 0.1) is 6.92 Å². The number of nitrogens with one attached hydrogen (secondary N) is 2. The largest absolute Gasteiger partial charge is 0.352 e. The van der Waals surface area contributed by atoms with Crippen LogP contribution in [0.5, 0.6) is 0 Å². The first kappa shape index (κ1) is 15.4. The Morgan fingerprint density at radius 1 is 1.33 bits per heavy atom. The first-order valence-electron chi connectivity index (χ1n) is 9.07. The lowest BCUT2D eigenvalue weighted by Crippen LogP contribution is -2.48. The van der Waals surface area contributed by atoms with Gasteiger partial charge in [0.15, 0.2) is 0 Å². The van der Waals surface area contributed by atoms with Crippen molar-refractivity contribution >= 4 is 5.91 Å². The zero-order chi connectivity index (χ0) is 16.6. The Kier molecular flexibility index (Phi) is 3.91. The molecule has 1 aromatic heterocycles. The molecule has 1 aromatic carbocycles. The van der Waals surface area contributed by atoms with Crippen LogP contribution in [-0.4, -0.2) is 22.1 Å². The molecule has 2 aliphatic carbocycles. The number of carbonyl (C=O) groups excluding carboxylic acids is 1. The van der Waals surface area contributed by atoms with Crippen LogP contribution in [-0.2, 0) is 23.1 Å². The fourth-order valence-electron chi connectivity index (χ4n) is 4.43. The van der Waals surface area contributed by atoms with E-state index in [-0.39, 0.29) is 17.4 Å². The highest BCUT2D eigenvalue weighted by Crippen LogP contribution is 2.42. The van der Waals surface area contributed by atoms with Crippen molar-refractivity contribution in [3.8, 4) is 0 Å². The molecule has 4 heteroatoms. The van der Waals surface area contributed by atoms with Gasteiger partial charge in [0.1, 0.15) is 0 Å². The SMILES string of the molecule is Cc1cccc(C2(C(=O)NC3CCc4[nH]ncc4C3)CCCC2)c1. The minimum atomic E-state index is -0.331. The molecule has 2 aromatic rings. The quantitative estimate of drug-likeness (QED) is 0.911. The molecule has 0 aliphatic heterocycles. The molecule has 4 nitrogen and oxygen atoms in total. The van der Waals surface area contributed by atoms with Gasteiger partial charge in [-0.25, -0.2) is 0 Å². The number of aromatic nitrogens is 2. The van der Waals surface area contributed by atoms with E-state index in [1.807, 2.05) is 6.20 Å². The van der Waals surface area contributed by atoms with Gasteiger partial charge in [0.2, 0.25) is 5.91 Å². The third-order valence-corrected chi connectivity index (χ3v) is 5.81. The number of H-pyrrole nitrogens is 1. The molecule has 0 radical (unpaired) electrons. The van der Waals surface area contributed by atoms with Crippen molar-refractivity contribution in [3.63, 3.8) is 0 Å². The summed E-state index contributed by atoms with van der Waals surface area (Å²) in [6.07, 6.45) is 8.96. The maximum Gasteiger partial charge on any atom is 0.230 e. The number of amides is 1. The van der Waals surface area contributed by atoms with Crippen LogP contribution < -0.4 is 5.32 Å². The molecule has 4 rings (SSSR count). The van der Waals surface area contributed by atoms with Gasteiger partial charge in [0, 0.05) is 11.7 Å². The predicted octanol–water partition coefficient (Wildman–Crippen LogP) is 3.20. The Balaban J connectivity index is 1.55. The maximum absolute atomic E-state index is 13.3. The molecule has 24 heavy (non-hydrogen) atoms. The number of aromatic amines is 1. The third-order valence-electron chi connectivity index (χ3n) is 5.81. The summed E-state index contributed by atoms with van der Waals surface area (Å²) in [5, 5.41) is 10.6. The molecule has 1 unspecified atom stereocenters. The van der Waals surface area contributed by atoms with Gasteiger partial charge in [-0.15, -0.1) is 0 Å². The average molecular weight is 323 g/mol. The van der Waals surface area contributed by atoms with Crippen molar-refractivity contribution < 1.29 is 4.79 Å². The highest BCUT2D eigenvalue weighted by molar-refractivity contribution is 5.89. The molecule has 0 bridgehead atoms. The number of hydrogen-bond acceptors (Lipinski definition) is 2. The van der Waals surface area contributed by atoms with Gasteiger partial charge in [0.25, 0.3) is 0 Å². The molecule has 0 spiro atoms. The second kappa shape index (κ2) is 6.08. The summed E-state index contributed by atoms with van der Waals surface area (Å²) in [6, 6.07) is 8.74. The number of rotatable bonds is 3. The van der Waals surface area contributed by atoms with Crippen molar-refractivity contribution in [2.45, 2.75) is 63.3 Å². The molecule has 126 valence electrons. The first-order valence-corrected chi connectivity index (χ1v) is 9.07. The minimum absolute atomic E-state index is 0.225. The molecule has 1 atom stereocenters. The second-order valence-corrected chi connectivity index (χ2v) is 7.45. The van der Waals surface area contributed by atoms with Crippen LogP contribution in [0.3, 0.4) is 0 Å². The molecule has 1 amide bonds. The van der Waals surface area contributed by atoms with Gasteiger partial charge < -0.3 is 5.32 Å². The van der Waals surface area contributed by atoms with E-state index in [2.05, 4.69) is 46.7 Å². The lowest BCUT2D eigenvalue weighted by molar-refractivity contribution is -0.127. The summed E-state index contributed by atoms with van der Waals surface area (Å²) in [4.78, 5) is 13.3. The zero-order valence-corrected chi connectivity index (χ0v) is 14.3. The number of carbonyl (C=O) groups is 1. The standard InChI is InChI=1S/C20H25N3O/c1-14-5-4-6-16(11-14)20(9-2-3-10-20)19(24)22-17-7-8-18-15(12-17)13-21-23-18/h4-6,11,13,17H,2-3,7-10,12H2,1H3,(H,21,23)(H,22,24). The van der Waals surface area contributed by atoms with E-state index in [1.165, 1.54) is 22.4 Å². The van der Waals surface area contributed by atoms with Crippen molar-refractivity contribution in [1.82, 2.24) is 15.5 Å². The fraction of sp³-hybridized carbons (Fsp3) is 0.500. The van der Waals surface area contributed by atoms with E-state index < -0.39 is 0 Å². The van der Waals surface area contributed by atoms with Gasteiger partial charge in [-0.2, -0.15) is 5.10 Å². The van der Waals surface area contributed by atoms with Crippen molar-refractivity contribution in [3.05, 3.63) is 52.8 Å². The number of aryl methyl sites for hydroxylation is 2. The van der Waals surface area contributed by atoms with Crippen LogP contribution >= 0.6 is 0 Å². The maximum atomic E-state index is 13.3. The molecule has 1 heterocycles. The molecule has 1 fully saturated rings. The molecule has 1 saturated carbocycles. The summed E-state index contributed by atoms with van der Waals surface area (Å²) in [7, 11) is 0. The van der Waals surface area contributed by atoms with Crippen LogP contribution in [0.15, 0.2) is 30.5 Å². The van der Waals surface area contributed by atoms with Crippen LogP contribution in [0.1, 0.15) is 54.5 Å². The second-order valence-electron chi connectivity index (χ2n) is 7.45.